The molecule has 2 nitrogen and oxygen atoms in total. The first kappa shape index (κ1) is 10.1. The molecule has 0 saturated carbocycles. The van der Waals surface area contributed by atoms with Gasteiger partial charge < -0.3 is 5.11 Å². The molecule has 1 N–H and O–H groups in total. The van der Waals surface area contributed by atoms with Crippen LogP contribution >= 0.6 is 0 Å². The molecular formula is C9H15NO. The van der Waals surface area contributed by atoms with Crippen LogP contribution in [-0.2, 0) is 0 Å². The molecule has 0 aliphatic carbocycles. The molecule has 1 heterocycles. The zero-order valence-electron chi connectivity index (χ0n) is 6.90. The Morgan fingerprint density at radius 3 is 1.91 bits per heavy atom. The van der Waals surface area contributed by atoms with Gasteiger partial charge in [0.05, 0.1) is 0 Å². The first-order valence-corrected chi connectivity index (χ1v) is 3.87. The van der Waals surface area contributed by atoms with Crippen molar-refractivity contribution in [3.05, 3.63) is 30.6 Å². The summed E-state index contributed by atoms with van der Waals surface area (Å²) < 4.78 is 0. The van der Waals surface area contributed by atoms with E-state index in [-0.39, 0.29) is 0 Å². The molecule has 0 aromatic carbocycles. The summed E-state index contributed by atoms with van der Waals surface area (Å²) in [7, 11) is 0. The molecule has 1 aromatic rings. The number of nitrogens with zero attached hydrogens (tertiary/aromatic N) is 1. The molecule has 0 radical (unpaired) electrons. The van der Waals surface area contributed by atoms with Crippen LogP contribution in [0.15, 0.2) is 30.6 Å². The van der Waals surface area contributed by atoms with Crippen LogP contribution in [0.4, 0.5) is 0 Å². The molecule has 2 heteroatoms. The van der Waals surface area contributed by atoms with Crippen LogP contribution in [0.2, 0.25) is 0 Å². The van der Waals surface area contributed by atoms with E-state index in [1.807, 2.05) is 18.2 Å². The second-order valence-electron chi connectivity index (χ2n) is 2.10. The van der Waals surface area contributed by atoms with Crippen LogP contribution in [0.25, 0.3) is 0 Å². The molecular weight excluding hydrogens is 138 g/mol. The summed E-state index contributed by atoms with van der Waals surface area (Å²) >= 11 is 0. The van der Waals surface area contributed by atoms with Gasteiger partial charge in [-0.25, -0.2) is 0 Å². The van der Waals surface area contributed by atoms with Gasteiger partial charge in [0.25, 0.3) is 0 Å². The molecule has 0 bridgehead atoms. The summed E-state index contributed by atoms with van der Waals surface area (Å²) in [4.78, 5) is 3.78. The molecule has 62 valence electrons. The van der Waals surface area contributed by atoms with E-state index in [4.69, 9.17) is 5.11 Å². The lowest BCUT2D eigenvalue weighted by Gasteiger charge is -1.79. The van der Waals surface area contributed by atoms with Crippen molar-refractivity contribution >= 4 is 0 Å². The molecule has 0 amide bonds. The second kappa shape index (κ2) is 9.11. The van der Waals surface area contributed by atoms with Crippen LogP contribution in [0.1, 0.15) is 19.8 Å². The van der Waals surface area contributed by atoms with E-state index in [1.165, 1.54) is 0 Å². The van der Waals surface area contributed by atoms with Crippen molar-refractivity contribution in [2.45, 2.75) is 19.8 Å². The second-order valence-corrected chi connectivity index (χ2v) is 2.10. The summed E-state index contributed by atoms with van der Waals surface area (Å²) in [5, 5.41) is 8.07. The van der Waals surface area contributed by atoms with Gasteiger partial charge in [0.2, 0.25) is 0 Å². The van der Waals surface area contributed by atoms with Crippen molar-refractivity contribution in [2.24, 2.45) is 0 Å². The summed E-state index contributed by atoms with van der Waals surface area (Å²) in [6, 6.07) is 5.72. The zero-order valence-corrected chi connectivity index (χ0v) is 6.90. The predicted octanol–water partition coefficient (Wildman–Crippen LogP) is 1.86. The number of hydrogen-bond acceptors (Lipinski definition) is 2. The quantitative estimate of drug-likeness (QED) is 0.703. The molecule has 0 fully saturated rings. The Hall–Kier alpha value is -0.890. The number of unbranched alkanes of at least 4 members (excludes halogenated alkanes) is 1. The standard InChI is InChI=1S/C5H5N.C4H10O/c1-2-4-6-5-3-1;1-2-3-4-5/h1-5H;5H,2-4H2,1H3. The van der Waals surface area contributed by atoms with E-state index < -0.39 is 0 Å². The van der Waals surface area contributed by atoms with Gasteiger partial charge in [0.1, 0.15) is 0 Å². The normalized spacial score (nSPS) is 8.18. The summed E-state index contributed by atoms with van der Waals surface area (Å²) in [6.45, 7) is 2.40. The molecule has 0 saturated heterocycles. The molecule has 0 aliphatic rings. The maximum absolute atomic E-state index is 8.07. The lowest BCUT2D eigenvalue weighted by molar-refractivity contribution is 0.287. The van der Waals surface area contributed by atoms with E-state index in [9.17, 15) is 0 Å². The van der Waals surface area contributed by atoms with Gasteiger partial charge in [0.15, 0.2) is 0 Å². The molecule has 0 aliphatic heterocycles. The predicted molar refractivity (Wildman–Crippen MR) is 46.2 cm³/mol. The van der Waals surface area contributed by atoms with Crippen LogP contribution < -0.4 is 0 Å². The smallest absolute Gasteiger partial charge is 0.0430 e. The zero-order chi connectivity index (χ0) is 8.36. The van der Waals surface area contributed by atoms with Crippen molar-refractivity contribution in [3.8, 4) is 0 Å². The lowest BCUT2D eigenvalue weighted by atomic mass is 10.4. The summed E-state index contributed by atoms with van der Waals surface area (Å²) in [5.41, 5.74) is 0. The fourth-order valence-corrected chi connectivity index (χ4v) is 0.471. The number of aliphatic hydroxyl groups is 1. The number of hydrogen-bond donors (Lipinski definition) is 1. The van der Waals surface area contributed by atoms with Crippen LogP contribution in [0.3, 0.4) is 0 Å². The number of rotatable bonds is 2. The maximum atomic E-state index is 8.07. The minimum Gasteiger partial charge on any atom is -0.396 e. The fourth-order valence-electron chi connectivity index (χ4n) is 0.471. The van der Waals surface area contributed by atoms with E-state index in [2.05, 4.69) is 11.9 Å². The van der Waals surface area contributed by atoms with Gasteiger partial charge in [0, 0.05) is 19.0 Å². The van der Waals surface area contributed by atoms with Crippen LogP contribution in [-0.4, -0.2) is 16.7 Å². The van der Waals surface area contributed by atoms with Gasteiger partial charge >= 0.3 is 0 Å². The Bertz CT molecular complexity index is 113. The molecule has 0 atom stereocenters. The van der Waals surface area contributed by atoms with E-state index in [0.29, 0.717) is 6.61 Å². The van der Waals surface area contributed by atoms with Gasteiger partial charge in [-0.05, 0) is 18.6 Å². The van der Waals surface area contributed by atoms with Gasteiger partial charge in [-0.15, -0.1) is 0 Å². The summed E-state index contributed by atoms with van der Waals surface area (Å²) in [6.07, 6.45) is 5.54. The first-order chi connectivity index (χ1) is 5.41. The third kappa shape index (κ3) is 9.11. The van der Waals surface area contributed by atoms with Crippen molar-refractivity contribution in [2.75, 3.05) is 6.61 Å². The maximum Gasteiger partial charge on any atom is 0.0430 e. The van der Waals surface area contributed by atoms with Crippen molar-refractivity contribution in [1.82, 2.24) is 4.98 Å². The average Bonchev–Trinajstić information content (AvgIpc) is 2.10. The Kier molecular flexibility index (Phi) is 8.37. The van der Waals surface area contributed by atoms with Gasteiger partial charge in [-0.2, -0.15) is 0 Å². The minimum absolute atomic E-state index is 0.344. The number of aromatic nitrogens is 1. The highest BCUT2D eigenvalue weighted by Gasteiger charge is 1.69. The third-order valence-electron chi connectivity index (χ3n) is 1.08. The Labute approximate surface area is 67.9 Å². The SMILES string of the molecule is CCCCO.c1ccncc1. The highest BCUT2D eigenvalue weighted by atomic mass is 16.2. The molecule has 0 spiro atoms. The van der Waals surface area contributed by atoms with Crippen molar-refractivity contribution in [3.63, 3.8) is 0 Å². The monoisotopic (exact) mass is 153 g/mol. The molecule has 1 rings (SSSR count). The topological polar surface area (TPSA) is 33.1 Å². The average molecular weight is 153 g/mol. The third-order valence-corrected chi connectivity index (χ3v) is 1.08. The van der Waals surface area contributed by atoms with E-state index in [1.54, 1.807) is 12.4 Å². The van der Waals surface area contributed by atoms with Gasteiger partial charge in [-0.3, -0.25) is 4.98 Å². The first-order valence-electron chi connectivity index (χ1n) is 3.87. The van der Waals surface area contributed by atoms with Crippen molar-refractivity contribution < 1.29 is 5.11 Å². The highest BCUT2D eigenvalue weighted by molar-refractivity contribution is 4.88. The Balaban J connectivity index is 0.000000187. The van der Waals surface area contributed by atoms with Gasteiger partial charge in [-0.1, -0.05) is 19.4 Å². The van der Waals surface area contributed by atoms with Crippen LogP contribution in [0.5, 0.6) is 0 Å². The van der Waals surface area contributed by atoms with E-state index in [0.717, 1.165) is 12.8 Å². The molecule has 11 heavy (non-hydrogen) atoms. The number of pyridine rings is 1. The molecule has 0 unspecified atom stereocenters. The Morgan fingerprint density at radius 1 is 1.18 bits per heavy atom. The summed E-state index contributed by atoms with van der Waals surface area (Å²) in [5.74, 6) is 0. The number of aliphatic hydroxyl groups excluding tert-OH is 1. The van der Waals surface area contributed by atoms with Crippen molar-refractivity contribution in [1.29, 1.82) is 0 Å². The minimum atomic E-state index is 0.344. The lowest BCUT2D eigenvalue weighted by Crippen LogP contribution is -1.75. The van der Waals surface area contributed by atoms with Crippen LogP contribution in [0, 0.1) is 0 Å². The Morgan fingerprint density at radius 2 is 1.82 bits per heavy atom. The van der Waals surface area contributed by atoms with E-state index >= 15 is 0 Å². The fraction of sp³-hybridized carbons (Fsp3) is 0.444. The highest BCUT2D eigenvalue weighted by Crippen LogP contribution is 1.78. The molecule has 1 aromatic heterocycles. The largest absolute Gasteiger partial charge is 0.396 e.